The lowest BCUT2D eigenvalue weighted by Gasteiger charge is -2.37. The lowest BCUT2D eigenvalue weighted by molar-refractivity contribution is -0.136. The van der Waals surface area contributed by atoms with Crippen LogP contribution in [0.5, 0.6) is 5.75 Å². The van der Waals surface area contributed by atoms with Gasteiger partial charge < -0.3 is 19.3 Å². The maximum absolute atomic E-state index is 14.1. The number of fused-ring (bicyclic) bond motifs is 1. The van der Waals surface area contributed by atoms with Crippen molar-refractivity contribution in [2.24, 2.45) is 0 Å². The van der Waals surface area contributed by atoms with Gasteiger partial charge in [0.1, 0.15) is 30.2 Å². The molecule has 1 aromatic carbocycles. The summed E-state index contributed by atoms with van der Waals surface area (Å²) in [6, 6.07) is 3.86. The number of nitrogens with zero attached hydrogens (tertiary/aromatic N) is 2. The molecule has 0 aromatic heterocycles. The zero-order chi connectivity index (χ0) is 24.6. The van der Waals surface area contributed by atoms with Gasteiger partial charge in [-0.2, -0.15) is 0 Å². The Morgan fingerprint density at radius 1 is 1.21 bits per heavy atom. The highest BCUT2D eigenvalue weighted by atomic mass is 19.1. The van der Waals surface area contributed by atoms with Crippen molar-refractivity contribution in [1.29, 1.82) is 0 Å². The fraction of sp³-hybridized carbons (Fsp3) is 0.583. The maximum Gasteiger partial charge on any atom is 0.410 e. The molecule has 1 N–H and O–H groups in total. The predicted octanol–water partition coefficient (Wildman–Crippen LogP) is 2.56. The van der Waals surface area contributed by atoms with Crippen molar-refractivity contribution in [3.05, 3.63) is 29.3 Å². The molecule has 0 spiro atoms. The fourth-order valence-electron chi connectivity index (χ4n) is 4.55. The van der Waals surface area contributed by atoms with Gasteiger partial charge in [-0.25, -0.2) is 9.18 Å². The number of ether oxygens (including phenoxy) is 2. The smallest absolute Gasteiger partial charge is 0.410 e. The molecule has 0 bridgehead atoms. The summed E-state index contributed by atoms with van der Waals surface area (Å²) in [6.45, 7) is 5.91. The van der Waals surface area contributed by atoms with Gasteiger partial charge in [0.25, 0.3) is 5.91 Å². The number of hydrogen-bond acceptors (Lipinski definition) is 6. The predicted molar refractivity (Wildman–Crippen MR) is 119 cm³/mol. The van der Waals surface area contributed by atoms with Crippen LogP contribution in [0.15, 0.2) is 18.2 Å². The molecule has 2 fully saturated rings. The Morgan fingerprint density at radius 3 is 2.68 bits per heavy atom. The first-order chi connectivity index (χ1) is 16.0. The molecule has 10 heteroatoms. The first-order valence-electron chi connectivity index (χ1n) is 11.6. The second-order valence-electron chi connectivity index (χ2n) is 9.98. The summed E-state index contributed by atoms with van der Waals surface area (Å²) in [5, 5.41) is 2.28. The third-order valence-corrected chi connectivity index (χ3v) is 6.22. The van der Waals surface area contributed by atoms with Crippen LogP contribution in [-0.4, -0.2) is 70.6 Å². The van der Waals surface area contributed by atoms with Gasteiger partial charge in [-0.15, -0.1) is 0 Å². The Balaban J connectivity index is 1.42. The monoisotopic (exact) mass is 475 g/mol. The molecule has 3 heterocycles. The number of likely N-dealkylation sites (tertiary alicyclic amines) is 1. The summed E-state index contributed by atoms with van der Waals surface area (Å²) >= 11 is 0. The number of alkyl halides is 1. The van der Waals surface area contributed by atoms with Gasteiger partial charge in [0.2, 0.25) is 11.8 Å². The van der Waals surface area contributed by atoms with E-state index in [9.17, 15) is 23.6 Å². The summed E-state index contributed by atoms with van der Waals surface area (Å²) in [5.74, 6) is -0.574. The average Bonchev–Trinajstić information content (AvgIpc) is 3.06. The van der Waals surface area contributed by atoms with Crippen LogP contribution in [0, 0.1) is 0 Å². The van der Waals surface area contributed by atoms with E-state index in [-0.39, 0.29) is 50.8 Å². The number of piperidine rings is 2. The van der Waals surface area contributed by atoms with E-state index in [1.54, 1.807) is 39.0 Å². The van der Waals surface area contributed by atoms with Crippen LogP contribution < -0.4 is 10.1 Å². The van der Waals surface area contributed by atoms with Crippen molar-refractivity contribution < 1.29 is 33.0 Å². The molecular formula is C24H30FN3O6. The lowest BCUT2D eigenvalue weighted by atomic mass is 10.0. The van der Waals surface area contributed by atoms with Crippen molar-refractivity contribution in [2.75, 3.05) is 13.2 Å². The van der Waals surface area contributed by atoms with Gasteiger partial charge >= 0.3 is 6.09 Å². The van der Waals surface area contributed by atoms with Crippen molar-refractivity contribution >= 4 is 23.8 Å². The third-order valence-electron chi connectivity index (χ3n) is 6.22. The Labute approximate surface area is 197 Å². The molecule has 3 unspecified atom stereocenters. The Morgan fingerprint density at radius 2 is 1.97 bits per heavy atom. The summed E-state index contributed by atoms with van der Waals surface area (Å²) in [4.78, 5) is 52.0. The van der Waals surface area contributed by atoms with Crippen LogP contribution in [0.4, 0.5) is 9.18 Å². The molecule has 0 radical (unpaired) electrons. The number of carbonyl (C=O) groups is 4. The van der Waals surface area contributed by atoms with Crippen molar-refractivity contribution in [1.82, 2.24) is 15.1 Å². The molecule has 1 aromatic rings. The molecule has 3 aliphatic heterocycles. The summed E-state index contributed by atoms with van der Waals surface area (Å²) < 4.78 is 25.5. The number of imide groups is 1. The quantitative estimate of drug-likeness (QED) is 0.671. The number of nitrogens with one attached hydrogen (secondary N) is 1. The molecule has 3 aliphatic rings. The minimum atomic E-state index is -1.02. The third kappa shape index (κ3) is 5.15. The molecule has 9 nitrogen and oxygen atoms in total. The van der Waals surface area contributed by atoms with E-state index < -0.39 is 35.9 Å². The molecule has 0 saturated carbocycles. The van der Waals surface area contributed by atoms with E-state index in [0.717, 1.165) is 0 Å². The van der Waals surface area contributed by atoms with Gasteiger partial charge in [-0.05, 0) is 57.4 Å². The second kappa shape index (κ2) is 9.23. The van der Waals surface area contributed by atoms with E-state index in [1.807, 2.05) is 0 Å². The molecule has 34 heavy (non-hydrogen) atoms. The van der Waals surface area contributed by atoms with Gasteiger partial charge in [0.05, 0.1) is 6.04 Å². The normalized spacial score (nSPS) is 25.2. The zero-order valence-electron chi connectivity index (χ0n) is 19.6. The molecule has 0 aliphatic carbocycles. The van der Waals surface area contributed by atoms with Crippen LogP contribution in [0.1, 0.15) is 62.4 Å². The fourth-order valence-corrected chi connectivity index (χ4v) is 4.55. The molecule has 3 atom stereocenters. The van der Waals surface area contributed by atoms with E-state index in [0.29, 0.717) is 23.3 Å². The highest BCUT2D eigenvalue weighted by molar-refractivity contribution is 6.05. The van der Waals surface area contributed by atoms with Crippen LogP contribution in [0.25, 0.3) is 0 Å². The number of benzene rings is 1. The Bertz CT molecular complexity index is 1010. The molecule has 4 rings (SSSR count). The van der Waals surface area contributed by atoms with Crippen molar-refractivity contribution in [2.45, 2.75) is 76.9 Å². The van der Waals surface area contributed by atoms with Crippen LogP contribution in [-0.2, 0) is 20.9 Å². The zero-order valence-corrected chi connectivity index (χ0v) is 19.6. The first kappa shape index (κ1) is 24.0. The molecule has 2 saturated heterocycles. The Hall–Kier alpha value is -3.17. The lowest BCUT2D eigenvalue weighted by Crippen LogP contribution is -2.52. The van der Waals surface area contributed by atoms with Crippen molar-refractivity contribution in [3.63, 3.8) is 0 Å². The minimum Gasteiger partial charge on any atom is -0.491 e. The highest BCUT2D eigenvalue weighted by Gasteiger charge is 2.39. The van der Waals surface area contributed by atoms with Gasteiger partial charge in [0.15, 0.2) is 0 Å². The topological polar surface area (TPSA) is 105 Å². The number of halogens is 1. The van der Waals surface area contributed by atoms with E-state index in [2.05, 4.69) is 5.32 Å². The summed E-state index contributed by atoms with van der Waals surface area (Å²) in [6.07, 6.45) is -0.616. The maximum atomic E-state index is 14.1. The molecular weight excluding hydrogens is 445 g/mol. The van der Waals surface area contributed by atoms with Crippen LogP contribution >= 0.6 is 0 Å². The standard InChI is InChI=1S/C24H30FN3O6/c1-24(2,3)34-23(32)27-9-8-15(25)11-16(27)13-33-17-4-5-18-14(10-17)12-28(22(18)31)19-6-7-20(29)26-21(19)30/h4-5,10,15-16,19H,6-9,11-13H2,1-3H3,(H,26,29,30). The van der Waals surface area contributed by atoms with E-state index in [4.69, 9.17) is 9.47 Å². The summed E-state index contributed by atoms with van der Waals surface area (Å²) in [5.41, 5.74) is 0.535. The highest BCUT2D eigenvalue weighted by Crippen LogP contribution is 2.31. The van der Waals surface area contributed by atoms with Crippen LogP contribution in [0.2, 0.25) is 0 Å². The Kier molecular flexibility index (Phi) is 6.51. The number of carbonyl (C=O) groups excluding carboxylic acids is 4. The second-order valence-corrected chi connectivity index (χ2v) is 9.98. The van der Waals surface area contributed by atoms with Gasteiger partial charge in [0, 0.05) is 31.5 Å². The average molecular weight is 476 g/mol. The molecule has 4 amide bonds. The summed E-state index contributed by atoms with van der Waals surface area (Å²) in [7, 11) is 0. The minimum absolute atomic E-state index is 0.0866. The van der Waals surface area contributed by atoms with E-state index in [1.165, 1.54) is 9.80 Å². The SMILES string of the molecule is CC(C)(C)OC(=O)N1CCC(F)CC1COc1ccc2c(c1)CN(C1CCC(=O)NC1=O)C2=O. The first-order valence-corrected chi connectivity index (χ1v) is 11.6. The largest absolute Gasteiger partial charge is 0.491 e. The number of rotatable bonds is 4. The number of amides is 4. The number of hydrogen-bond donors (Lipinski definition) is 1. The molecule has 184 valence electrons. The van der Waals surface area contributed by atoms with Gasteiger partial charge in [-0.1, -0.05) is 0 Å². The van der Waals surface area contributed by atoms with Gasteiger partial charge in [-0.3, -0.25) is 19.7 Å². The van der Waals surface area contributed by atoms with Crippen LogP contribution in [0.3, 0.4) is 0 Å². The van der Waals surface area contributed by atoms with E-state index >= 15 is 0 Å². The van der Waals surface area contributed by atoms with Crippen molar-refractivity contribution in [3.8, 4) is 5.75 Å².